The van der Waals surface area contributed by atoms with Gasteiger partial charge in [0, 0.05) is 0 Å². The summed E-state index contributed by atoms with van der Waals surface area (Å²) in [5, 5.41) is 0. The molecule has 0 aromatic rings. The number of epoxide rings is 1. The van der Waals surface area contributed by atoms with Crippen LogP contribution in [-0.4, -0.2) is 25.4 Å². The van der Waals surface area contributed by atoms with E-state index in [9.17, 15) is 0 Å². The maximum atomic E-state index is 5.69. The van der Waals surface area contributed by atoms with Gasteiger partial charge < -0.3 is 9.47 Å². The summed E-state index contributed by atoms with van der Waals surface area (Å²) in [5.41, 5.74) is 0. The second-order valence-corrected chi connectivity index (χ2v) is 3.46. The van der Waals surface area contributed by atoms with Crippen molar-refractivity contribution in [3.05, 3.63) is 0 Å². The molecule has 0 N–H and O–H groups in total. The lowest BCUT2D eigenvalue weighted by molar-refractivity contribution is 0.0337. The standard InChI is InChI=1S/C10H20O2.C2H6/c1-3-5-6-9(4-2)11-7-10-8-12-10;1-2/h9-10H,3-8H2,1-2H3;1-2H3. The van der Waals surface area contributed by atoms with E-state index in [1.165, 1.54) is 19.3 Å². The molecule has 0 saturated carbocycles. The summed E-state index contributed by atoms with van der Waals surface area (Å²) >= 11 is 0. The highest BCUT2D eigenvalue weighted by molar-refractivity contribution is 4.68. The lowest BCUT2D eigenvalue weighted by Crippen LogP contribution is -2.15. The molecule has 2 heteroatoms. The van der Waals surface area contributed by atoms with Gasteiger partial charge in [0.2, 0.25) is 0 Å². The second kappa shape index (κ2) is 9.47. The van der Waals surface area contributed by atoms with E-state index in [-0.39, 0.29) is 0 Å². The highest BCUT2D eigenvalue weighted by atomic mass is 16.6. The molecule has 14 heavy (non-hydrogen) atoms. The van der Waals surface area contributed by atoms with Crippen molar-refractivity contribution in [2.45, 2.75) is 65.6 Å². The third-order valence-corrected chi connectivity index (χ3v) is 2.26. The molecule has 2 atom stereocenters. The predicted octanol–water partition coefficient (Wildman–Crippen LogP) is 3.40. The second-order valence-electron chi connectivity index (χ2n) is 3.46. The molecule has 2 unspecified atom stereocenters. The largest absolute Gasteiger partial charge is 0.375 e. The molecule has 0 spiro atoms. The molecule has 0 amide bonds. The SMILES string of the molecule is CC.CCCCC(CC)OCC1CO1. The van der Waals surface area contributed by atoms with Crippen LogP contribution in [-0.2, 0) is 9.47 Å². The molecule has 1 fully saturated rings. The smallest absolute Gasteiger partial charge is 0.104 e. The average molecular weight is 202 g/mol. The molecular formula is C12H26O2. The summed E-state index contributed by atoms with van der Waals surface area (Å²) in [6.45, 7) is 10.1. The number of hydrogen-bond donors (Lipinski definition) is 0. The quantitative estimate of drug-likeness (QED) is 0.590. The van der Waals surface area contributed by atoms with Crippen LogP contribution in [0.3, 0.4) is 0 Å². The average Bonchev–Trinajstić information content (AvgIpc) is 3.05. The Hall–Kier alpha value is -0.0800. The first-order chi connectivity index (χ1) is 6.86. The molecule has 1 saturated heterocycles. The molecule has 0 aromatic carbocycles. The van der Waals surface area contributed by atoms with Crippen molar-refractivity contribution in [1.29, 1.82) is 0 Å². The summed E-state index contributed by atoms with van der Waals surface area (Å²) in [7, 11) is 0. The zero-order valence-electron chi connectivity index (χ0n) is 10.2. The zero-order chi connectivity index (χ0) is 10.8. The van der Waals surface area contributed by atoms with Crippen molar-refractivity contribution in [3.63, 3.8) is 0 Å². The molecule has 2 nitrogen and oxygen atoms in total. The van der Waals surface area contributed by atoms with Crippen LogP contribution in [0.5, 0.6) is 0 Å². The maximum Gasteiger partial charge on any atom is 0.104 e. The molecule has 86 valence electrons. The fraction of sp³-hybridized carbons (Fsp3) is 1.00. The van der Waals surface area contributed by atoms with Crippen molar-refractivity contribution in [1.82, 2.24) is 0 Å². The third-order valence-electron chi connectivity index (χ3n) is 2.26. The Bertz CT molecular complexity index is 111. The molecule has 1 aliphatic heterocycles. The van der Waals surface area contributed by atoms with Gasteiger partial charge in [-0.25, -0.2) is 0 Å². The molecule has 0 bridgehead atoms. The predicted molar refractivity (Wildman–Crippen MR) is 60.6 cm³/mol. The molecule has 1 heterocycles. The fourth-order valence-electron chi connectivity index (χ4n) is 1.24. The van der Waals surface area contributed by atoms with E-state index < -0.39 is 0 Å². The van der Waals surface area contributed by atoms with E-state index in [2.05, 4.69) is 13.8 Å². The van der Waals surface area contributed by atoms with Gasteiger partial charge in [0.15, 0.2) is 0 Å². The molecule has 1 aliphatic rings. The third kappa shape index (κ3) is 7.34. The number of ether oxygens (including phenoxy) is 2. The lowest BCUT2D eigenvalue weighted by atomic mass is 10.1. The Morgan fingerprint density at radius 3 is 2.43 bits per heavy atom. The van der Waals surface area contributed by atoms with Crippen LogP contribution in [0.2, 0.25) is 0 Å². The minimum absolute atomic E-state index is 0.417. The Morgan fingerprint density at radius 2 is 2.00 bits per heavy atom. The van der Waals surface area contributed by atoms with Crippen LogP contribution in [0.1, 0.15) is 53.4 Å². The van der Waals surface area contributed by atoms with Crippen LogP contribution >= 0.6 is 0 Å². The highest BCUT2D eigenvalue weighted by Crippen LogP contribution is 2.14. The maximum absolute atomic E-state index is 5.69. The van der Waals surface area contributed by atoms with Crippen LogP contribution < -0.4 is 0 Å². The van der Waals surface area contributed by atoms with E-state index in [1.807, 2.05) is 13.8 Å². The van der Waals surface area contributed by atoms with Gasteiger partial charge in [-0.3, -0.25) is 0 Å². The summed E-state index contributed by atoms with van der Waals surface area (Å²) in [4.78, 5) is 0. The van der Waals surface area contributed by atoms with Crippen LogP contribution in [0.25, 0.3) is 0 Å². The molecule has 0 radical (unpaired) electrons. The minimum Gasteiger partial charge on any atom is -0.375 e. The summed E-state index contributed by atoms with van der Waals surface area (Å²) in [6, 6.07) is 0. The zero-order valence-corrected chi connectivity index (χ0v) is 10.2. The van der Waals surface area contributed by atoms with Gasteiger partial charge in [-0.15, -0.1) is 0 Å². The summed E-state index contributed by atoms with van der Waals surface area (Å²) in [5.74, 6) is 0. The normalized spacial score (nSPS) is 21.0. The van der Waals surface area contributed by atoms with Crippen LogP contribution in [0.15, 0.2) is 0 Å². The van der Waals surface area contributed by atoms with Crippen molar-refractivity contribution in [2.75, 3.05) is 13.2 Å². The molecule has 0 aromatic heterocycles. The first-order valence-corrected chi connectivity index (χ1v) is 6.10. The minimum atomic E-state index is 0.417. The van der Waals surface area contributed by atoms with E-state index in [0.717, 1.165) is 19.6 Å². The lowest BCUT2D eigenvalue weighted by Gasteiger charge is -2.14. The van der Waals surface area contributed by atoms with Crippen molar-refractivity contribution >= 4 is 0 Å². The van der Waals surface area contributed by atoms with Crippen molar-refractivity contribution in [2.24, 2.45) is 0 Å². The van der Waals surface area contributed by atoms with Crippen LogP contribution in [0.4, 0.5) is 0 Å². The van der Waals surface area contributed by atoms with Gasteiger partial charge in [-0.1, -0.05) is 40.5 Å². The van der Waals surface area contributed by atoms with E-state index in [4.69, 9.17) is 9.47 Å². The monoisotopic (exact) mass is 202 g/mol. The van der Waals surface area contributed by atoms with Crippen molar-refractivity contribution < 1.29 is 9.47 Å². The number of unbranched alkanes of at least 4 members (excludes halogenated alkanes) is 1. The Morgan fingerprint density at radius 1 is 1.36 bits per heavy atom. The van der Waals surface area contributed by atoms with Crippen molar-refractivity contribution in [3.8, 4) is 0 Å². The number of rotatable bonds is 7. The van der Waals surface area contributed by atoms with Gasteiger partial charge in [0.05, 0.1) is 19.3 Å². The van der Waals surface area contributed by atoms with Gasteiger partial charge in [0.1, 0.15) is 6.10 Å². The van der Waals surface area contributed by atoms with E-state index in [1.54, 1.807) is 0 Å². The topological polar surface area (TPSA) is 21.8 Å². The van der Waals surface area contributed by atoms with E-state index in [0.29, 0.717) is 12.2 Å². The highest BCUT2D eigenvalue weighted by Gasteiger charge is 2.23. The first kappa shape index (κ1) is 13.9. The Labute approximate surface area is 89.0 Å². The van der Waals surface area contributed by atoms with Gasteiger partial charge in [-0.05, 0) is 12.8 Å². The number of hydrogen-bond acceptors (Lipinski definition) is 2. The Kier molecular flexibility index (Phi) is 9.42. The fourth-order valence-corrected chi connectivity index (χ4v) is 1.24. The first-order valence-electron chi connectivity index (χ1n) is 6.10. The molecule has 0 aliphatic carbocycles. The summed E-state index contributed by atoms with van der Waals surface area (Å²) < 4.78 is 10.8. The van der Waals surface area contributed by atoms with E-state index >= 15 is 0 Å². The van der Waals surface area contributed by atoms with Gasteiger partial charge in [-0.2, -0.15) is 0 Å². The Balaban J connectivity index is 0.000000791. The molecule has 1 rings (SSSR count). The van der Waals surface area contributed by atoms with Crippen LogP contribution in [0, 0.1) is 0 Å². The van der Waals surface area contributed by atoms with Gasteiger partial charge in [0.25, 0.3) is 0 Å². The summed E-state index contributed by atoms with van der Waals surface area (Å²) in [6.07, 6.45) is 5.77. The van der Waals surface area contributed by atoms with Gasteiger partial charge >= 0.3 is 0 Å². The molecular weight excluding hydrogens is 176 g/mol.